The molecule has 0 fully saturated rings. The van der Waals surface area contributed by atoms with Crippen molar-refractivity contribution in [2.75, 3.05) is 12.0 Å². The van der Waals surface area contributed by atoms with Gasteiger partial charge in [-0.1, -0.05) is 20.8 Å². The number of nitrogens with zero attached hydrogens (tertiary/aromatic N) is 1. The van der Waals surface area contributed by atoms with Crippen LogP contribution in [-0.2, 0) is 16.6 Å². The summed E-state index contributed by atoms with van der Waals surface area (Å²) in [5.74, 6) is 0.753. The maximum Gasteiger partial charge on any atom is 0.258 e. The lowest BCUT2D eigenvalue weighted by molar-refractivity contribution is 0.548. The van der Waals surface area contributed by atoms with E-state index in [-0.39, 0.29) is 17.1 Å². The van der Waals surface area contributed by atoms with Crippen LogP contribution in [0.25, 0.3) is 0 Å². The van der Waals surface area contributed by atoms with E-state index in [4.69, 9.17) is 0 Å². The molecule has 0 aliphatic heterocycles. The van der Waals surface area contributed by atoms with Crippen molar-refractivity contribution in [1.82, 2.24) is 20.2 Å². The fourth-order valence-corrected chi connectivity index (χ4v) is 3.96. The molecule has 20 heavy (non-hydrogen) atoms. The van der Waals surface area contributed by atoms with Gasteiger partial charge >= 0.3 is 0 Å². The zero-order valence-corrected chi connectivity index (χ0v) is 14.1. The molecule has 0 saturated heterocycles. The first-order chi connectivity index (χ1) is 9.40. The summed E-state index contributed by atoms with van der Waals surface area (Å²) in [6.07, 6.45) is 4.28. The lowest BCUT2D eigenvalue weighted by Gasteiger charge is -2.16. The van der Waals surface area contributed by atoms with Crippen molar-refractivity contribution in [3.63, 3.8) is 0 Å². The second-order valence-electron chi connectivity index (χ2n) is 4.94. The number of nitrogens with one attached hydrogen (secondary N) is 3. The van der Waals surface area contributed by atoms with Crippen LogP contribution in [0, 0.1) is 0 Å². The Morgan fingerprint density at radius 2 is 2.15 bits per heavy atom. The summed E-state index contributed by atoms with van der Waals surface area (Å²) in [6.45, 7) is 6.47. The van der Waals surface area contributed by atoms with E-state index in [0.717, 1.165) is 12.2 Å². The Bertz CT molecular complexity index is 499. The van der Waals surface area contributed by atoms with Gasteiger partial charge in [0.2, 0.25) is 0 Å². The standard InChI is InChI=1S/C12H24N4O2S2/c1-5-11(8-19-4)16-20(17,18)12-10(7-14-15-12)6-13-9(2)3/h7,9,11,13,16H,5-6,8H2,1-4H3,(H,14,15). The van der Waals surface area contributed by atoms with Gasteiger partial charge in [0.05, 0.1) is 6.20 Å². The molecule has 0 aliphatic rings. The Morgan fingerprint density at radius 1 is 1.45 bits per heavy atom. The minimum atomic E-state index is -3.55. The lowest BCUT2D eigenvalue weighted by atomic mass is 10.3. The average Bonchev–Trinajstić information content (AvgIpc) is 2.84. The van der Waals surface area contributed by atoms with E-state index >= 15 is 0 Å². The van der Waals surface area contributed by atoms with Gasteiger partial charge in [0.1, 0.15) is 0 Å². The summed E-state index contributed by atoms with van der Waals surface area (Å²) in [5.41, 5.74) is 0.658. The Balaban J connectivity index is 2.84. The highest BCUT2D eigenvalue weighted by Crippen LogP contribution is 2.14. The van der Waals surface area contributed by atoms with Crippen LogP contribution >= 0.6 is 11.8 Å². The van der Waals surface area contributed by atoms with E-state index in [1.807, 2.05) is 27.0 Å². The summed E-state index contributed by atoms with van der Waals surface area (Å²) < 4.78 is 27.5. The molecule has 0 aromatic carbocycles. The summed E-state index contributed by atoms with van der Waals surface area (Å²) >= 11 is 1.63. The molecule has 0 saturated carbocycles. The molecule has 0 amide bonds. The highest BCUT2D eigenvalue weighted by molar-refractivity contribution is 7.98. The molecule has 1 aromatic rings. The Labute approximate surface area is 125 Å². The first-order valence-corrected chi connectivity index (χ1v) is 9.55. The third kappa shape index (κ3) is 5.08. The van der Waals surface area contributed by atoms with E-state index in [1.54, 1.807) is 18.0 Å². The van der Waals surface area contributed by atoms with Crippen molar-refractivity contribution in [1.29, 1.82) is 0 Å². The first kappa shape index (κ1) is 17.5. The van der Waals surface area contributed by atoms with Gasteiger partial charge < -0.3 is 5.32 Å². The molecule has 1 unspecified atom stereocenters. The maximum absolute atomic E-state index is 12.4. The van der Waals surface area contributed by atoms with Crippen LogP contribution in [0.4, 0.5) is 0 Å². The van der Waals surface area contributed by atoms with Gasteiger partial charge in [-0.2, -0.15) is 16.9 Å². The summed E-state index contributed by atoms with van der Waals surface area (Å²) in [6, 6.07) is 0.220. The number of H-pyrrole nitrogens is 1. The van der Waals surface area contributed by atoms with Crippen molar-refractivity contribution in [2.24, 2.45) is 0 Å². The molecule has 1 heterocycles. The smallest absolute Gasteiger partial charge is 0.258 e. The number of rotatable bonds is 9. The largest absolute Gasteiger partial charge is 0.310 e. The summed E-state index contributed by atoms with van der Waals surface area (Å²) in [7, 11) is -3.55. The monoisotopic (exact) mass is 320 g/mol. The number of hydrogen-bond acceptors (Lipinski definition) is 5. The van der Waals surface area contributed by atoms with Crippen LogP contribution in [-0.4, -0.2) is 42.7 Å². The third-order valence-corrected chi connectivity index (χ3v) is 5.10. The van der Waals surface area contributed by atoms with Crippen molar-refractivity contribution in [3.05, 3.63) is 11.8 Å². The lowest BCUT2D eigenvalue weighted by Crippen LogP contribution is -2.37. The molecule has 0 radical (unpaired) electrons. The SMILES string of the molecule is CCC(CSC)NS(=O)(=O)c1[nH]ncc1CNC(C)C. The number of sulfonamides is 1. The normalized spacial score (nSPS) is 13.8. The second-order valence-corrected chi connectivity index (χ2v) is 7.50. The fraction of sp³-hybridized carbons (Fsp3) is 0.750. The van der Waals surface area contributed by atoms with Crippen LogP contribution in [0.1, 0.15) is 32.8 Å². The minimum absolute atomic E-state index is 0.0655. The van der Waals surface area contributed by atoms with Crippen LogP contribution in [0.15, 0.2) is 11.2 Å². The molecule has 1 aromatic heterocycles. The van der Waals surface area contributed by atoms with Gasteiger partial charge in [-0.25, -0.2) is 13.1 Å². The van der Waals surface area contributed by atoms with Crippen molar-refractivity contribution >= 4 is 21.8 Å². The Morgan fingerprint density at radius 3 is 2.70 bits per heavy atom. The van der Waals surface area contributed by atoms with Crippen molar-refractivity contribution < 1.29 is 8.42 Å². The van der Waals surface area contributed by atoms with Gasteiger partial charge in [-0.3, -0.25) is 5.10 Å². The highest BCUT2D eigenvalue weighted by atomic mass is 32.2. The molecule has 8 heteroatoms. The van der Waals surface area contributed by atoms with E-state index < -0.39 is 10.0 Å². The van der Waals surface area contributed by atoms with Gasteiger partial charge in [-0.15, -0.1) is 0 Å². The quantitative estimate of drug-likeness (QED) is 0.639. The molecule has 6 nitrogen and oxygen atoms in total. The Hall–Kier alpha value is -0.570. The van der Waals surface area contributed by atoms with Crippen LogP contribution in [0.3, 0.4) is 0 Å². The molecule has 0 bridgehead atoms. The van der Waals surface area contributed by atoms with E-state index in [9.17, 15) is 8.42 Å². The predicted molar refractivity (Wildman–Crippen MR) is 83.3 cm³/mol. The van der Waals surface area contributed by atoms with E-state index in [2.05, 4.69) is 20.2 Å². The molecule has 0 aliphatic carbocycles. The highest BCUT2D eigenvalue weighted by Gasteiger charge is 2.23. The van der Waals surface area contributed by atoms with Gasteiger partial charge in [0.25, 0.3) is 10.0 Å². The second kappa shape index (κ2) is 8.02. The number of aromatic amines is 1. The number of hydrogen-bond donors (Lipinski definition) is 3. The molecular formula is C12H24N4O2S2. The summed E-state index contributed by atoms with van der Waals surface area (Å²) in [4.78, 5) is 0. The van der Waals surface area contributed by atoms with Crippen molar-refractivity contribution in [2.45, 2.75) is 50.8 Å². The molecule has 116 valence electrons. The van der Waals surface area contributed by atoms with E-state index in [0.29, 0.717) is 12.1 Å². The average molecular weight is 320 g/mol. The molecule has 1 rings (SSSR count). The van der Waals surface area contributed by atoms with Gasteiger partial charge in [0, 0.05) is 29.9 Å². The maximum atomic E-state index is 12.4. The topological polar surface area (TPSA) is 86.9 Å². The molecule has 1 atom stereocenters. The first-order valence-electron chi connectivity index (χ1n) is 6.67. The van der Waals surface area contributed by atoms with Crippen molar-refractivity contribution in [3.8, 4) is 0 Å². The van der Waals surface area contributed by atoms with Crippen LogP contribution < -0.4 is 10.0 Å². The van der Waals surface area contributed by atoms with Crippen LogP contribution in [0.5, 0.6) is 0 Å². The summed E-state index contributed by atoms with van der Waals surface area (Å²) in [5, 5.41) is 9.80. The van der Waals surface area contributed by atoms with Gasteiger partial charge in [0.15, 0.2) is 5.03 Å². The van der Waals surface area contributed by atoms with Crippen LogP contribution in [0.2, 0.25) is 0 Å². The number of thioether (sulfide) groups is 1. The third-order valence-electron chi connectivity index (χ3n) is 2.83. The Kier molecular flexibility index (Phi) is 7.01. The number of aromatic nitrogens is 2. The minimum Gasteiger partial charge on any atom is -0.310 e. The fourth-order valence-electron chi connectivity index (χ4n) is 1.69. The van der Waals surface area contributed by atoms with E-state index in [1.165, 1.54) is 0 Å². The van der Waals surface area contributed by atoms with Gasteiger partial charge in [-0.05, 0) is 12.7 Å². The molecule has 0 spiro atoms. The molecule has 3 N–H and O–H groups in total. The zero-order chi connectivity index (χ0) is 15.2. The molecular weight excluding hydrogens is 296 g/mol. The zero-order valence-electron chi connectivity index (χ0n) is 12.4. The predicted octanol–water partition coefficient (Wildman–Crippen LogP) is 1.33.